The Labute approximate surface area is 157 Å². The molecule has 0 saturated carbocycles. The SMILES string of the molecule is CCCCCCc1c(C/C=C/I)cc(C)cc1C/C=C/I. The van der Waals surface area contributed by atoms with Crippen molar-refractivity contribution in [2.24, 2.45) is 0 Å². The molecule has 116 valence electrons. The first-order valence-corrected chi connectivity index (χ1v) is 10.3. The van der Waals surface area contributed by atoms with Gasteiger partial charge in [-0.15, -0.1) is 0 Å². The highest BCUT2D eigenvalue weighted by Crippen LogP contribution is 2.23. The van der Waals surface area contributed by atoms with Crippen LogP contribution < -0.4 is 0 Å². The van der Waals surface area contributed by atoms with Crippen LogP contribution in [0.25, 0.3) is 0 Å². The summed E-state index contributed by atoms with van der Waals surface area (Å²) in [5.41, 5.74) is 6.04. The fourth-order valence-corrected chi connectivity index (χ4v) is 3.24. The molecule has 1 rings (SSSR count). The van der Waals surface area contributed by atoms with E-state index in [9.17, 15) is 0 Å². The van der Waals surface area contributed by atoms with E-state index in [2.05, 4.69) is 91.5 Å². The standard InChI is InChI=1S/C19H26I2/c1-3-4-5-6-11-19-17(9-7-12-20)14-16(2)15-18(19)10-8-13-21/h7-8,12-15H,3-6,9-11H2,1-2H3/b12-7+,13-8+. The van der Waals surface area contributed by atoms with Gasteiger partial charge in [0.1, 0.15) is 0 Å². The third-order valence-corrected chi connectivity index (χ3v) is 4.73. The number of rotatable bonds is 9. The van der Waals surface area contributed by atoms with E-state index in [-0.39, 0.29) is 0 Å². The molecule has 0 unspecified atom stereocenters. The zero-order valence-corrected chi connectivity index (χ0v) is 17.5. The molecule has 0 nitrogen and oxygen atoms in total. The summed E-state index contributed by atoms with van der Waals surface area (Å²) in [7, 11) is 0. The predicted molar refractivity (Wildman–Crippen MR) is 113 cm³/mol. The van der Waals surface area contributed by atoms with Crippen molar-refractivity contribution in [1.29, 1.82) is 0 Å². The van der Waals surface area contributed by atoms with Gasteiger partial charge < -0.3 is 0 Å². The van der Waals surface area contributed by atoms with E-state index in [1.165, 1.54) is 48.8 Å². The molecule has 1 aromatic carbocycles. The number of hydrogen-bond donors (Lipinski definition) is 0. The van der Waals surface area contributed by atoms with E-state index >= 15 is 0 Å². The lowest BCUT2D eigenvalue weighted by molar-refractivity contribution is 0.663. The molecular weight excluding hydrogens is 482 g/mol. The van der Waals surface area contributed by atoms with Crippen LogP contribution in [0.3, 0.4) is 0 Å². The summed E-state index contributed by atoms with van der Waals surface area (Å²) in [6.07, 6.45) is 13.2. The maximum absolute atomic E-state index is 2.38. The minimum Gasteiger partial charge on any atom is -0.0740 e. The summed E-state index contributed by atoms with van der Waals surface area (Å²) in [4.78, 5) is 0. The maximum atomic E-state index is 2.38. The molecule has 0 N–H and O–H groups in total. The second kappa shape index (κ2) is 11.7. The summed E-state index contributed by atoms with van der Waals surface area (Å²) < 4.78 is 4.26. The summed E-state index contributed by atoms with van der Waals surface area (Å²) in [5, 5.41) is 0. The number of unbranched alkanes of at least 4 members (excludes halogenated alkanes) is 3. The molecule has 0 bridgehead atoms. The highest BCUT2D eigenvalue weighted by atomic mass is 127. The van der Waals surface area contributed by atoms with E-state index in [1.807, 2.05) is 0 Å². The van der Waals surface area contributed by atoms with Gasteiger partial charge in [0.05, 0.1) is 0 Å². The van der Waals surface area contributed by atoms with Crippen LogP contribution in [0.15, 0.2) is 32.5 Å². The molecule has 1 aromatic rings. The first kappa shape index (κ1) is 19.2. The second-order valence-electron chi connectivity index (χ2n) is 5.50. The molecule has 0 fully saturated rings. The van der Waals surface area contributed by atoms with Gasteiger partial charge in [-0.05, 0) is 57.5 Å². The summed E-state index contributed by atoms with van der Waals surface area (Å²) in [6.45, 7) is 4.49. The average Bonchev–Trinajstić information content (AvgIpc) is 2.48. The fraction of sp³-hybridized carbons (Fsp3) is 0.474. The first-order valence-electron chi connectivity index (χ1n) is 7.84. The van der Waals surface area contributed by atoms with Gasteiger partial charge in [-0.3, -0.25) is 0 Å². The monoisotopic (exact) mass is 508 g/mol. The molecule has 0 saturated heterocycles. The van der Waals surface area contributed by atoms with Crippen LogP contribution in [-0.2, 0) is 19.3 Å². The highest BCUT2D eigenvalue weighted by Gasteiger charge is 2.08. The summed E-state index contributed by atoms with van der Waals surface area (Å²) in [6, 6.07) is 4.76. The topological polar surface area (TPSA) is 0 Å². The third kappa shape index (κ3) is 7.31. The maximum Gasteiger partial charge on any atom is -0.00869 e. The lowest BCUT2D eigenvalue weighted by Gasteiger charge is -2.15. The van der Waals surface area contributed by atoms with E-state index in [0.717, 1.165) is 12.8 Å². The van der Waals surface area contributed by atoms with Crippen LogP contribution in [-0.4, -0.2) is 0 Å². The van der Waals surface area contributed by atoms with Crippen molar-refractivity contribution in [3.63, 3.8) is 0 Å². The van der Waals surface area contributed by atoms with Crippen LogP contribution in [0, 0.1) is 6.92 Å². The van der Waals surface area contributed by atoms with Gasteiger partial charge in [-0.25, -0.2) is 0 Å². The summed E-state index contributed by atoms with van der Waals surface area (Å²) in [5.74, 6) is 0. The number of benzene rings is 1. The largest absolute Gasteiger partial charge is 0.0740 e. The van der Waals surface area contributed by atoms with Crippen LogP contribution in [0.4, 0.5) is 0 Å². The Balaban J connectivity index is 2.99. The van der Waals surface area contributed by atoms with Crippen LogP contribution in [0.5, 0.6) is 0 Å². The highest BCUT2D eigenvalue weighted by molar-refractivity contribution is 14.1. The van der Waals surface area contributed by atoms with Crippen molar-refractivity contribution in [3.8, 4) is 0 Å². The third-order valence-electron chi connectivity index (χ3n) is 3.71. The molecule has 0 heterocycles. The van der Waals surface area contributed by atoms with Gasteiger partial charge in [-0.2, -0.15) is 0 Å². The van der Waals surface area contributed by atoms with E-state index in [1.54, 1.807) is 5.56 Å². The van der Waals surface area contributed by atoms with E-state index in [0.29, 0.717) is 0 Å². The Morgan fingerprint density at radius 1 is 0.905 bits per heavy atom. The molecule has 0 aliphatic carbocycles. The van der Waals surface area contributed by atoms with Crippen molar-refractivity contribution in [1.82, 2.24) is 0 Å². The molecule has 0 aliphatic heterocycles. The number of aryl methyl sites for hydroxylation is 1. The Morgan fingerprint density at radius 3 is 1.95 bits per heavy atom. The molecule has 0 radical (unpaired) electrons. The van der Waals surface area contributed by atoms with Gasteiger partial charge in [0.25, 0.3) is 0 Å². The smallest absolute Gasteiger partial charge is 0.00869 e. The molecular formula is C19H26I2. The summed E-state index contributed by atoms with van der Waals surface area (Å²) >= 11 is 4.63. The van der Waals surface area contributed by atoms with Crippen molar-refractivity contribution in [3.05, 3.63) is 54.7 Å². The van der Waals surface area contributed by atoms with E-state index in [4.69, 9.17) is 0 Å². The zero-order chi connectivity index (χ0) is 15.5. The van der Waals surface area contributed by atoms with Crippen LogP contribution in [0.1, 0.15) is 54.9 Å². The number of hydrogen-bond acceptors (Lipinski definition) is 0. The van der Waals surface area contributed by atoms with Crippen molar-refractivity contribution >= 4 is 45.2 Å². The number of allylic oxidation sites excluding steroid dienone is 2. The zero-order valence-electron chi connectivity index (χ0n) is 13.2. The number of halogens is 2. The lowest BCUT2D eigenvalue weighted by Crippen LogP contribution is -2.01. The molecule has 0 aliphatic rings. The van der Waals surface area contributed by atoms with Gasteiger partial charge in [0.15, 0.2) is 0 Å². The Bertz CT molecular complexity index is 437. The van der Waals surface area contributed by atoms with Gasteiger partial charge in [0, 0.05) is 0 Å². The Kier molecular flexibility index (Phi) is 10.7. The van der Waals surface area contributed by atoms with Crippen molar-refractivity contribution in [2.45, 2.75) is 58.8 Å². The molecule has 21 heavy (non-hydrogen) atoms. The molecule has 0 amide bonds. The van der Waals surface area contributed by atoms with Crippen LogP contribution in [0.2, 0.25) is 0 Å². The van der Waals surface area contributed by atoms with E-state index < -0.39 is 0 Å². The molecule has 0 spiro atoms. The molecule has 0 atom stereocenters. The minimum absolute atomic E-state index is 1.06. The first-order chi connectivity index (χ1) is 10.2. The average molecular weight is 508 g/mol. The molecule has 0 aromatic heterocycles. The Morgan fingerprint density at radius 2 is 1.48 bits per heavy atom. The normalized spacial score (nSPS) is 11.8. The quantitative estimate of drug-likeness (QED) is 0.247. The van der Waals surface area contributed by atoms with Crippen molar-refractivity contribution < 1.29 is 0 Å². The fourth-order valence-electron chi connectivity index (χ4n) is 2.73. The minimum atomic E-state index is 1.06. The predicted octanol–water partition coefficient (Wildman–Crippen LogP) is 7.10. The van der Waals surface area contributed by atoms with Crippen LogP contribution >= 0.6 is 45.2 Å². The van der Waals surface area contributed by atoms with Gasteiger partial charge in [0.2, 0.25) is 0 Å². The van der Waals surface area contributed by atoms with Crippen molar-refractivity contribution in [2.75, 3.05) is 0 Å². The molecule has 2 heteroatoms. The van der Waals surface area contributed by atoms with Gasteiger partial charge in [-0.1, -0.05) is 101 Å². The second-order valence-corrected chi connectivity index (χ2v) is 6.94. The van der Waals surface area contributed by atoms with Gasteiger partial charge >= 0.3 is 0 Å². The lowest BCUT2D eigenvalue weighted by atomic mass is 9.90. The Hall–Kier alpha value is 0.160.